The molecule has 2 rings (SSSR count). The van der Waals surface area contributed by atoms with E-state index >= 15 is 0 Å². The highest BCUT2D eigenvalue weighted by Gasteiger charge is 2.20. The van der Waals surface area contributed by atoms with E-state index in [1.165, 1.54) is 0 Å². The number of hydrogen-bond donors (Lipinski definition) is 1. The number of nitrogens with zero attached hydrogens (tertiary/aromatic N) is 2. The fourth-order valence-corrected chi connectivity index (χ4v) is 2.20. The van der Waals surface area contributed by atoms with Gasteiger partial charge in [-0.1, -0.05) is 38.4 Å². The summed E-state index contributed by atoms with van der Waals surface area (Å²) in [4.78, 5) is 0. The molecule has 20 heavy (non-hydrogen) atoms. The Morgan fingerprint density at radius 2 is 2.05 bits per heavy atom. The summed E-state index contributed by atoms with van der Waals surface area (Å²) in [7, 11) is 1.63. The average Bonchev–Trinajstić information content (AvgIpc) is 2.65. The van der Waals surface area contributed by atoms with Gasteiger partial charge in [-0.3, -0.25) is 0 Å². The molecule has 0 radical (unpaired) electrons. The molecule has 108 valence electrons. The minimum Gasteiger partial charge on any atom is -0.497 e. The molecule has 0 spiro atoms. The zero-order valence-corrected chi connectivity index (χ0v) is 13.0. The summed E-state index contributed by atoms with van der Waals surface area (Å²) in [6, 6.07) is 7.57. The van der Waals surface area contributed by atoms with E-state index in [4.69, 9.17) is 22.1 Å². The smallest absolute Gasteiger partial charge is 0.146 e. The standard InChI is InChI=1S/C15H20ClN3O/c1-15(2,3)9-12-13(16)14(17)19(18-12)10-6-5-7-11(8-10)20-4/h5-8H,9,17H2,1-4H3. The summed E-state index contributed by atoms with van der Waals surface area (Å²) in [5.74, 6) is 1.21. The Morgan fingerprint density at radius 3 is 2.65 bits per heavy atom. The minimum absolute atomic E-state index is 0.101. The third kappa shape index (κ3) is 3.07. The fraction of sp³-hybridized carbons (Fsp3) is 0.400. The Bertz CT molecular complexity index is 614. The van der Waals surface area contributed by atoms with Crippen molar-refractivity contribution in [3.63, 3.8) is 0 Å². The van der Waals surface area contributed by atoms with Crippen LogP contribution in [0.4, 0.5) is 5.82 Å². The van der Waals surface area contributed by atoms with E-state index in [1.807, 2.05) is 24.3 Å². The van der Waals surface area contributed by atoms with Crippen LogP contribution in [0.25, 0.3) is 5.69 Å². The van der Waals surface area contributed by atoms with Gasteiger partial charge in [-0.15, -0.1) is 0 Å². The van der Waals surface area contributed by atoms with E-state index in [0.29, 0.717) is 10.8 Å². The van der Waals surface area contributed by atoms with Gasteiger partial charge in [0.25, 0.3) is 0 Å². The molecular weight excluding hydrogens is 274 g/mol. The molecule has 2 aromatic rings. The van der Waals surface area contributed by atoms with E-state index < -0.39 is 0 Å². The number of hydrogen-bond acceptors (Lipinski definition) is 3. The Hall–Kier alpha value is -1.68. The summed E-state index contributed by atoms with van der Waals surface area (Å²) in [5, 5.41) is 5.07. The molecule has 1 heterocycles. The number of aromatic nitrogens is 2. The van der Waals surface area contributed by atoms with Gasteiger partial charge in [0.15, 0.2) is 0 Å². The molecule has 5 heteroatoms. The quantitative estimate of drug-likeness (QED) is 0.938. The maximum absolute atomic E-state index is 6.30. The molecular formula is C15H20ClN3O. The van der Waals surface area contributed by atoms with Crippen molar-refractivity contribution >= 4 is 17.4 Å². The first-order valence-corrected chi connectivity index (χ1v) is 6.87. The van der Waals surface area contributed by atoms with Gasteiger partial charge in [0, 0.05) is 6.07 Å². The predicted molar refractivity (Wildman–Crippen MR) is 82.7 cm³/mol. The van der Waals surface area contributed by atoms with Gasteiger partial charge in [-0.2, -0.15) is 5.10 Å². The lowest BCUT2D eigenvalue weighted by atomic mass is 9.91. The topological polar surface area (TPSA) is 53.1 Å². The molecule has 1 aromatic carbocycles. The second kappa shape index (κ2) is 5.37. The number of methoxy groups -OCH3 is 1. The third-order valence-electron chi connectivity index (χ3n) is 2.92. The summed E-state index contributed by atoms with van der Waals surface area (Å²) in [6.07, 6.45) is 0.771. The monoisotopic (exact) mass is 293 g/mol. The van der Waals surface area contributed by atoms with Crippen molar-refractivity contribution in [3.8, 4) is 11.4 Å². The molecule has 0 aliphatic heterocycles. The van der Waals surface area contributed by atoms with Crippen molar-refractivity contribution in [3.05, 3.63) is 35.0 Å². The molecule has 2 N–H and O–H groups in total. The number of benzene rings is 1. The first kappa shape index (κ1) is 14.7. The molecule has 0 fully saturated rings. The molecule has 0 unspecified atom stereocenters. The fourth-order valence-electron chi connectivity index (χ4n) is 2.01. The van der Waals surface area contributed by atoms with Crippen molar-refractivity contribution < 1.29 is 4.74 Å². The molecule has 0 saturated heterocycles. The number of rotatable bonds is 3. The molecule has 4 nitrogen and oxygen atoms in total. The van der Waals surface area contributed by atoms with Crippen LogP contribution in [0.3, 0.4) is 0 Å². The van der Waals surface area contributed by atoms with Crippen LogP contribution in [-0.4, -0.2) is 16.9 Å². The molecule has 1 aromatic heterocycles. The van der Waals surface area contributed by atoms with E-state index in [-0.39, 0.29) is 5.41 Å². The van der Waals surface area contributed by atoms with E-state index in [9.17, 15) is 0 Å². The van der Waals surface area contributed by atoms with Crippen molar-refractivity contribution in [1.29, 1.82) is 0 Å². The highest BCUT2D eigenvalue weighted by molar-refractivity contribution is 6.33. The third-order valence-corrected chi connectivity index (χ3v) is 3.33. The van der Waals surface area contributed by atoms with Crippen molar-refractivity contribution in [2.45, 2.75) is 27.2 Å². The zero-order chi connectivity index (χ0) is 14.9. The Labute approximate surface area is 124 Å². The van der Waals surface area contributed by atoms with Gasteiger partial charge in [0.1, 0.15) is 16.6 Å². The Morgan fingerprint density at radius 1 is 1.35 bits per heavy atom. The molecule has 0 atom stereocenters. The van der Waals surface area contributed by atoms with E-state index in [0.717, 1.165) is 23.6 Å². The van der Waals surface area contributed by atoms with Crippen LogP contribution in [0.1, 0.15) is 26.5 Å². The highest BCUT2D eigenvalue weighted by atomic mass is 35.5. The maximum Gasteiger partial charge on any atom is 0.146 e. The lowest BCUT2D eigenvalue weighted by Gasteiger charge is -2.16. The van der Waals surface area contributed by atoms with Crippen LogP contribution in [0.15, 0.2) is 24.3 Å². The average molecular weight is 294 g/mol. The van der Waals surface area contributed by atoms with Gasteiger partial charge < -0.3 is 10.5 Å². The zero-order valence-electron chi connectivity index (χ0n) is 12.3. The first-order valence-electron chi connectivity index (χ1n) is 6.49. The van der Waals surface area contributed by atoms with E-state index in [1.54, 1.807) is 11.8 Å². The SMILES string of the molecule is COc1cccc(-n2nc(CC(C)(C)C)c(Cl)c2N)c1. The Kier molecular flexibility index (Phi) is 3.95. The molecule has 0 aliphatic rings. The molecule has 0 amide bonds. The number of anilines is 1. The van der Waals surface area contributed by atoms with Gasteiger partial charge in [0.05, 0.1) is 18.5 Å². The van der Waals surface area contributed by atoms with Crippen molar-refractivity contribution in [2.24, 2.45) is 5.41 Å². The van der Waals surface area contributed by atoms with Gasteiger partial charge in [0.2, 0.25) is 0 Å². The largest absolute Gasteiger partial charge is 0.497 e. The summed E-state index contributed by atoms with van der Waals surface area (Å²) in [5.41, 5.74) is 7.83. The van der Waals surface area contributed by atoms with Crippen molar-refractivity contribution in [2.75, 3.05) is 12.8 Å². The predicted octanol–water partition coefficient (Wildman–Crippen LogP) is 3.71. The number of ether oxygens (including phenoxy) is 1. The van der Waals surface area contributed by atoms with Crippen LogP contribution in [0.5, 0.6) is 5.75 Å². The highest BCUT2D eigenvalue weighted by Crippen LogP contribution is 2.31. The van der Waals surface area contributed by atoms with Crippen LogP contribution in [0, 0.1) is 5.41 Å². The first-order chi connectivity index (χ1) is 9.31. The lowest BCUT2D eigenvalue weighted by Crippen LogP contribution is -2.10. The summed E-state index contributed by atoms with van der Waals surface area (Å²) >= 11 is 6.30. The van der Waals surface area contributed by atoms with Crippen molar-refractivity contribution in [1.82, 2.24) is 9.78 Å². The minimum atomic E-state index is 0.101. The van der Waals surface area contributed by atoms with Crippen LogP contribution >= 0.6 is 11.6 Å². The number of nitrogen functional groups attached to an aromatic ring is 1. The second-order valence-corrected chi connectivity index (χ2v) is 6.37. The van der Waals surface area contributed by atoms with Crippen LogP contribution in [-0.2, 0) is 6.42 Å². The van der Waals surface area contributed by atoms with Crippen LogP contribution < -0.4 is 10.5 Å². The number of nitrogens with two attached hydrogens (primary N) is 1. The van der Waals surface area contributed by atoms with Gasteiger partial charge >= 0.3 is 0 Å². The lowest BCUT2D eigenvalue weighted by molar-refractivity contribution is 0.405. The molecule has 0 saturated carbocycles. The Balaban J connectivity index is 2.44. The van der Waals surface area contributed by atoms with Gasteiger partial charge in [-0.25, -0.2) is 4.68 Å². The van der Waals surface area contributed by atoms with Crippen LogP contribution in [0.2, 0.25) is 5.02 Å². The summed E-state index contributed by atoms with van der Waals surface area (Å²) in [6.45, 7) is 6.43. The maximum atomic E-state index is 6.30. The normalized spacial score (nSPS) is 11.7. The molecule has 0 aliphatic carbocycles. The number of halogens is 1. The van der Waals surface area contributed by atoms with Gasteiger partial charge in [-0.05, 0) is 24.0 Å². The molecule has 0 bridgehead atoms. The summed E-state index contributed by atoms with van der Waals surface area (Å²) < 4.78 is 6.88. The van der Waals surface area contributed by atoms with E-state index in [2.05, 4.69) is 25.9 Å². The second-order valence-electron chi connectivity index (χ2n) is 6.00.